The third-order valence-corrected chi connectivity index (χ3v) is 8.18. The van der Waals surface area contributed by atoms with Crippen molar-refractivity contribution < 1.29 is 31.9 Å². The maximum Gasteiger partial charge on any atom is 0.277 e. The monoisotopic (exact) mass is 692 g/mol. The number of aliphatic hydroxyl groups is 1. The number of hydroxylamine groups is 1. The Kier molecular flexibility index (Phi) is 9.72. The lowest BCUT2D eigenvalue weighted by Crippen LogP contribution is -2.28. The molecule has 1 saturated carbocycles. The molecule has 1 aromatic heterocycles. The highest BCUT2D eigenvalue weighted by atomic mass is 127. The molecule has 39 heavy (non-hydrogen) atoms. The Hall–Kier alpha value is -2.43. The van der Waals surface area contributed by atoms with Crippen LogP contribution in [-0.2, 0) is 27.8 Å². The first-order chi connectivity index (χ1) is 18.6. The van der Waals surface area contributed by atoms with Gasteiger partial charge in [-0.2, -0.15) is 0 Å². The number of pyridine rings is 1. The number of halogens is 4. The van der Waals surface area contributed by atoms with Gasteiger partial charge in [0.15, 0.2) is 11.6 Å². The van der Waals surface area contributed by atoms with Gasteiger partial charge in [0, 0.05) is 29.1 Å². The van der Waals surface area contributed by atoms with Crippen LogP contribution in [0.5, 0.6) is 0 Å². The number of hydrogen-bond donors (Lipinski definition) is 4. The van der Waals surface area contributed by atoms with Crippen molar-refractivity contribution in [3.05, 3.63) is 79.6 Å². The normalized spacial score (nSPS) is 13.4. The largest absolute Gasteiger partial charge is 0.396 e. The van der Waals surface area contributed by atoms with Gasteiger partial charge in [-0.05, 0) is 83.2 Å². The van der Waals surface area contributed by atoms with E-state index >= 15 is 8.78 Å². The third-order valence-electron chi connectivity index (χ3n) is 5.80. The smallest absolute Gasteiger partial charge is 0.277 e. The highest BCUT2D eigenvalue weighted by molar-refractivity contribution is 14.1. The first-order valence-corrected chi connectivity index (χ1v) is 14.7. The fourth-order valence-electron chi connectivity index (χ4n) is 3.55. The predicted molar refractivity (Wildman–Crippen MR) is 149 cm³/mol. The minimum atomic E-state index is -4.64. The Morgan fingerprint density at radius 2 is 1.90 bits per heavy atom. The van der Waals surface area contributed by atoms with Crippen LogP contribution in [-0.4, -0.2) is 37.6 Å². The van der Waals surface area contributed by atoms with E-state index < -0.39 is 43.7 Å². The molecule has 4 N–H and O–H groups in total. The van der Waals surface area contributed by atoms with Crippen molar-refractivity contribution in [2.24, 2.45) is 5.92 Å². The van der Waals surface area contributed by atoms with Crippen LogP contribution in [0.15, 0.2) is 47.6 Å². The average molecular weight is 693 g/mol. The summed E-state index contributed by atoms with van der Waals surface area (Å²) in [6.45, 7) is -0.179. The summed E-state index contributed by atoms with van der Waals surface area (Å²) in [5.74, 6) is -3.96. The van der Waals surface area contributed by atoms with E-state index in [0.29, 0.717) is 23.5 Å². The molecule has 0 saturated heterocycles. The summed E-state index contributed by atoms with van der Waals surface area (Å²) >= 11 is 8.25. The van der Waals surface area contributed by atoms with E-state index in [-0.39, 0.29) is 30.5 Å². The van der Waals surface area contributed by atoms with Crippen LogP contribution in [0, 0.1) is 21.1 Å². The van der Waals surface area contributed by atoms with Crippen molar-refractivity contribution in [2.45, 2.75) is 30.7 Å². The molecule has 2 aromatic carbocycles. The minimum absolute atomic E-state index is 0.121. The third kappa shape index (κ3) is 7.61. The molecule has 4 rings (SSSR count). The van der Waals surface area contributed by atoms with Gasteiger partial charge in [0.1, 0.15) is 4.90 Å². The second-order valence-corrected chi connectivity index (χ2v) is 12.2. The molecule has 1 heterocycles. The van der Waals surface area contributed by atoms with E-state index in [2.05, 4.69) is 20.5 Å². The van der Waals surface area contributed by atoms with Crippen molar-refractivity contribution >= 4 is 61.5 Å². The number of benzene rings is 2. The number of hydrogen-bond acceptors (Lipinski definition) is 7. The molecule has 1 aliphatic rings. The van der Waals surface area contributed by atoms with Crippen LogP contribution in [0.4, 0.5) is 20.2 Å². The Labute approximate surface area is 242 Å². The summed E-state index contributed by atoms with van der Waals surface area (Å²) in [6.07, 6.45) is 5.13. The predicted octanol–water partition coefficient (Wildman–Crippen LogP) is 4.45. The highest BCUT2D eigenvalue weighted by Gasteiger charge is 2.30. The van der Waals surface area contributed by atoms with Gasteiger partial charge in [0.2, 0.25) is 10.0 Å². The van der Waals surface area contributed by atoms with Crippen LogP contribution < -0.4 is 15.5 Å². The number of anilines is 2. The van der Waals surface area contributed by atoms with E-state index in [1.807, 2.05) is 22.6 Å². The summed E-state index contributed by atoms with van der Waals surface area (Å²) < 4.78 is 59.8. The quantitative estimate of drug-likeness (QED) is 0.163. The molecule has 0 atom stereocenters. The summed E-state index contributed by atoms with van der Waals surface area (Å²) in [4.78, 5) is 21.1. The lowest BCUT2D eigenvalue weighted by atomic mass is 10.1. The Morgan fingerprint density at radius 1 is 1.15 bits per heavy atom. The zero-order valence-corrected chi connectivity index (χ0v) is 24.0. The number of amides is 1. The van der Waals surface area contributed by atoms with Crippen LogP contribution in [0.25, 0.3) is 0 Å². The summed E-state index contributed by atoms with van der Waals surface area (Å²) in [5.41, 5.74) is 2.33. The van der Waals surface area contributed by atoms with Gasteiger partial charge in [-0.15, -0.1) is 0 Å². The summed E-state index contributed by atoms with van der Waals surface area (Å²) in [6, 6.07) is 7.10. The Bertz CT molecular complexity index is 1490. The molecule has 0 spiro atoms. The molecule has 3 aromatic rings. The number of carbonyl (C=O) groups is 1. The van der Waals surface area contributed by atoms with Crippen molar-refractivity contribution in [1.29, 1.82) is 0 Å². The standard InChI is InChI=1S/C25H24ClF2IN4O5S/c26-19-8-17(29)3-4-20(19)32-24-18(25(35)33-38-13-14-1-2-14)9-21(22(27)23(24)28)39(36,37)31-12-16-7-15(5-6-34)10-30-11-16/h3-4,7-11,14,31-32,34H,1-2,5-6,12-13H2,(H,33,35). The number of rotatable bonds is 12. The summed E-state index contributed by atoms with van der Waals surface area (Å²) in [7, 11) is -4.64. The Balaban J connectivity index is 1.67. The second kappa shape index (κ2) is 12.8. The van der Waals surface area contributed by atoms with E-state index in [4.69, 9.17) is 21.5 Å². The highest BCUT2D eigenvalue weighted by Crippen LogP contribution is 2.34. The molecular weight excluding hydrogens is 669 g/mol. The molecule has 1 fully saturated rings. The molecular formula is C25H24ClF2IN4O5S. The topological polar surface area (TPSA) is 130 Å². The lowest BCUT2D eigenvalue weighted by Gasteiger charge is -2.17. The van der Waals surface area contributed by atoms with Gasteiger partial charge in [0.25, 0.3) is 5.91 Å². The van der Waals surface area contributed by atoms with E-state index in [1.54, 1.807) is 18.2 Å². The second-order valence-electron chi connectivity index (χ2n) is 8.86. The minimum Gasteiger partial charge on any atom is -0.396 e. The molecule has 208 valence electrons. The van der Waals surface area contributed by atoms with Gasteiger partial charge in [-0.3, -0.25) is 14.6 Å². The molecule has 14 heteroatoms. The molecule has 1 amide bonds. The SMILES string of the molecule is O=C(NOCC1CC1)c1cc(S(=O)(=O)NCc2cncc(CCO)c2)c(F)c(F)c1Nc1ccc(I)cc1Cl. The number of nitrogens with zero attached hydrogens (tertiary/aromatic N) is 1. The van der Waals surface area contributed by atoms with Crippen molar-refractivity contribution in [2.75, 3.05) is 18.5 Å². The van der Waals surface area contributed by atoms with Crippen molar-refractivity contribution in [3.63, 3.8) is 0 Å². The van der Waals surface area contributed by atoms with Gasteiger partial charge < -0.3 is 10.4 Å². The number of carbonyl (C=O) groups excluding carboxylic acids is 1. The maximum absolute atomic E-state index is 15.4. The number of aliphatic hydroxyl groups excluding tert-OH is 1. The number of aromatic nitrogens is 1. The van der Waals surface area contributed by atoms with Gasteiger partial charge in [0.05, 0.1) is 28.6 Å². The van der Waals surface area contributed by atoms with Crippen molar-refractivity contribution in [3.8, 4) is 0 Å². The molecule has 0 aliphatic heterocycles. The lowest BCUT2D eigenvalue weighted by molar-refractivity contribution is 0.0270. The summed E-state index contributed by atoms with van der Waals surface area (Å²) in [5, 5.41) is 11.9. The molecule has 0 unspecified atom stereocenters. The first kappa shape index (κ1) is 29.6. The molecule has 0 bridgehead atoms. The Morgan fingerprint density at radius 3 is 2.59 bits per heavy atom. The van der Waals surface area contributed by atoms with Gasteiger partial charge in [-0.25, -0.2) is 27.4 Å². The van der Waals surface area contributed by atoms with E-state index in [9.17, 15) is 13.2 Å². The van der Waals surface area contributed by atoms with Gasteiger partial charge >= 0.3 is 0 Å². The zero-order chi connectivity index (χ0) is 28.2. The fraction of sp³-hybridized carbons (Fsp3) is 0.280. The van der Waals surface area contributed by atoms with Crippen LogP contribution >= 0.6 is 34.2 Å². The van der Waals surface area contributed by atoms with Crippen LogP contribution in [0.3, 0.4) is 0 Å². The first-order valence-electron chi connectivity index (χ1n) is 11.8. The maximum atomic E-state index is 15.4. The molecule has 1 aliphatic carbocycles. The average Bonchev–Trinajstić information content (AvgIpc) is 3.72. The van der Waals surface area contributed by atoms with E-state index in [0.717, 1.165) is 22.5 Å². The molecule has 9 nitrogen and oxygen atoms in total. The van der Waals surface area contributed by atoms with Crippen molar-refractivity contribution in [1.82, 2.24) is 15.2 Å². The number of sulfonamides is 1. The van der Waals surface area contributed by atoms with E-state index in [1.165, 1.54) is 18.5 Å². The van der Waals surface area contributed by atoms with Crippen LogP contribution in [0.1, 0.15) is 34.3 Å². The molecule has 0 radical (unpaired) electrons. The van der Waals surface area contributed by atoms with Gasteiger partial charge in [-0.1, -0.05) is 17.7 Å². The fourth-order valence-corrected chi connectivity index (χ4v) is 5.56. The number of nitrogens with one attached hydrogen (secondary N) is 3. The zero-order valence-electron chi connectivity index (χ0n) is 20.3. The van der Waals surface area contributed by atoms with Crippen LogP contribution in [0.2, 0.25) is 5.02 Å².